The zero-order valence-corrected chi connectivity index (χ0v) is 20.4. The third kappa shape index (κ3) is 4.99. The average Bonchev–Trinajstić information content (AvgIpc) is 3.29. The number of hydrogen-bond donors (Lipinski definition) is 4. The maximum Gasteiger partial charge on any atom is 0.352 e. The number of thioether (sulfide) groups is 1. The first-order chi connectivity index (χ1) is 17.3. The first-order valence-electron chi connectivity index (χ1n) is 10.5. The van der Waals surface area contributed by atoms with Crippen molar-refractivity contribution in [2.75, 3.05) is 23.4 Å². The number of carbonyl (C=O) groups is 4. The molecule has 0 radical (unpaired) electrons. The molecule has 0 aromatic carbocycles. The molecule has 4 rings (SSSR count). The van der Waals surface area contributed by atoms with Gasteiger partial charge in [-0.05, 0) is 6.92 Å². The van der Waals surface area contributed by atoms with Crippen molar-refractivity contribution in [1.82, 2.24) is 19.6 Å². The van der Waals surface area contributed by atoms with Crippen LogP contribution in [0.3, 0.4) is 0 Å². The van der Waals surface area contributed by atoms with Crippen molar-refractivity contribution < 1.29 is 33.7 Å². The van der Waals surface area contributed by atoms with Gasteiger partial charge in [0.05, 0.1) is 5.69 Å². The van der Waals surface area contributed by atoms with E-state index in [1.165, 1.54) is 16.7 Å². The molecule has 2 aliphatic heterocycles. The van der Waals surface area contributed by atoms with Crippen LogP contribution in [0.5, 0.6) is 0 Å². The third-order valence-corrected chi connectivity index (χ3v) is 7.06. The van der Waals surface area contributed by atoms with Gasteiger partial charge in [-0.15, -0.1) is 11.8 Å². The number of nitrogen functional groups attached to an aromatic ring is 1. The minimum atomic E-state index is -1.24. The number of carboxylic acid groups (broad SMARTS) is 1. The van der Waals surface area contributed by atoms with E-state index in [1.54, 1.807) is 36.0 Å². The summed E-state index contributed by atoms with van der Waals surface area (Å²) in [5, 5.41) is 18.3. The Balaban J connectivity index is 1.51. The lowest BCUT2D eigenvalue weighted by molar-refractivity contribution is -0.688. The van der Waals surface area contributed by atoms with Crippen molar-refractivity contribution in [3.05, 3.63) is 41.6 Å². The summed E-state index contributed by atoms with van der Waals surface area (Å²) in [6.45, 7) is 2.10. The Morgan fingerprint density at radius 1 is 1.42 bits per heavy atom. The van der Waals surface area contributed by atoms with Crippen LogP contribution >= 0.6 is 23.3 Å². The molecule has 0 saturated carbocycles. The molecule has 0 aliphatic carbocycles. The lowest BCUT2D eigenvalue weighted by Crippen LogP contribution is -2.71. The zero-order valence-electron chi connectivity index (χ0n) is 18.8. The second kappa shape index (κ2) is 10.7. The molecule has 4 heterocycles. The molecule has 5 N–H and O–H groups in total. The van der Waals surface area contributed by atoms with Gasteiger partial charge in [-0.2, -0.15) is 9.36 Å². The van der Waals surface area contributed by atoms with E-state index in [2.05, 4.69) is 25.1 Å². The summed E-state index contributed by atoms with van der Waals surface area (Å²) >= 11 is 2.21. The Morgan fingerprint density at radius 2 is 2.17 bits per heavy atom. The Bertz CT molecular complexity index is 1260. The van der Waals surface area contributed by atoms with Crippen LogP contribution in [0.4, 0.5) is 10.8 Å². The average molecular weight is 534 g/mol. The number of aromatic nitrogens is 3. The van der Waals surface area contributed by atoms with Crippen molar-refractivity contribution in [1.29, 1.82) is 0 Å². The Labute approximate surface area is 212 Å². The second-order valence-electron chi connectivity index (χ2n) is 7.45. The van der Waals surface area contributed by atoms with E-state index in [0.29, 0.717) is 23.4 Å². The van der Waals surface area contributed by atoms with Crippen LogP contribution in [0.1, 0.15) is 12.7 Å². The van der Waals surface area contributed by atoms with Crippen LogP contribution in [0.2, 0.25) is 0 Å². The summed E-state index contributed by atoms with van der Waals surface area (Å²) in [6, 6.07) is 2.36. The van der Waals surface area contributed by atoms with Gasteiger partial charge in [0.1, 0.15) is 23.7 Å². The number of hydrogen-bond acceptors (Lipinski definition) is 11. The van der Waals surface area contributed by atoms with E-state index in [0.717, 1.165) is 11.5 Å². The molecule has 36 heavy (non-hydrogen) atoms. The molecule has 2 aliphatic rings. The van der Waals surface area contributed by atoms with E-state index in [9.17, 15) is 24.3 Å². The number of amides is 3. The van der Waals surface area contributed by atoms with Crippen molar-refractivity contribution in [2.45, 2.75) is 24.9 Å². The molecule has 2 aromatic rings. The molecule has 0 spiro atoms. The van der Waals surface area contributed by atoms with E-state index in [-0.39, 0.29) is 35.5 Å². The van der Waals surface area contributed by atoms with E-state index in [1.807, 2.05) is 0 Å². The lowest BCUT2D eigenvalue weighted by Gasteiger charge is -2.49. The van der Waals surface area contributed by atoms with Crippen molar-refractivity contribution in [2.24, 2.45) is 5.16 Å². The van der Waals surface area contributed by atoms with E-state index < -0.39 is 29.2 Å². The predicted molar refractivity (Wildman–Crippen MR) is 128 cm³/mol. The Kier molecular flexibility index (Phi) is 7.44. The molecular formula is C20H21N8O6S2+. The SMILES string of the molecule is CCON=C(C(=O)NC1C(=O)N2C(C(=O)O)=C(C[n+]3ccc(NC=O)cc3)CS[C@@H]12)c1nsc(N)n1. The molecule has 0 bridgehead atoms. The number of nitrogens with zero attached hydrogens (tertiary/aromatic N) is 5. The van der Waals surface area contributed by atoms with E-state index >= 15 is 0 Å². The molecule has 2 atom stereocenters. The van der Waals surface area contributed by atoms with Gasteiger partial charge in [-0.25, -0.2) is 9.36 Å². The summed E-state index contributed by atoms with van der Waals surface area (Å²) in [6.07, 6.45) is 3.94. The van der Waals surface area contributed by atoms with Crippen LogP contribution in [0, 0.1) is 0 Å². The summed E-state index contributed by atoms with van der Waals surface area (Å²) in [4.78, 5) is 58.7. The maximum atomic E-state index is 13.0. The van der Waals surface area contributed by atoms with Gasteiger partial charge >= 0.3 is 5.97 Å². The first-order valence-corrected chi connectivity index (χ1v) is 12.4. The van der Waals surface area contributed by atoms with Gasteiger partial charge in [0.2, 0.25) is 17.9 Å². The van der Waals surface area contributed by atoms with E-state index in [4.69, 9.17) is 10.6 Å². The number of nitrogens with one attached hydrogen (secondary N) is 2. The number of anilines is 2. The molecule has 1 fully saturated rings. The fraction of sp³-hybridized carbons (Fsp3) is 0.300. The molecule has 188 valence electrons. The molecule has 14 nitrogen and oxygen atoms in total. The minimum absolute atomic E-state index is 0.0387. The minimum Gasteiger partial charge on any atom is -0.477 e. The van der Waals surface area contributed by atoms with Crippen molar-refractivity contribution in [3.63, 3.8) is 0 Å². The number of pyridine rings is 1. The largest absolute Gasteiger partial charge is 0.477 e. The third-order valence-electron chi connectivity index (χ3n) is 5.18. The summed E-state index contributed by atoms with van der Waals surface area (Å²) < 4.78 is 5.71. The number of β-lactam (4-membered cyclic amide) rings is 1. The number of nitrogens with two attached hydrogens (primary N) is 1. The summed E-state index contributed by atoms with van der Waals surface area (Å²) in [5.74, 6) is -2.26. The highest BCUT2D eigenvalue weighted by Crippen LogP contribution is 2.40. The second-order valence-corrected chi connectivity index (χ2v) is 9.34. The number of aliphatic carboxylic acids is 1. The number of carbonyl (C=O) groups excluding carboxylic acids is 3. The summed E-state index contributed by atoms with van der Waals surface area (Å²) in [7, 11) is 0. The van der Waals surface area contributed by atoms with Crippen LogP contribution < -0.4 is 20.9 Å². The van der Waals surface area contributed by atoms with Gasteiger partial charge < -0.3 is 26.3 Å². The monoisotopic (exact) mass is 533 g/mol. The molecule has 2 aromatic heterocycles. The van der Waals surface area contributed by atoms with Gasteiger partial charge in [0, 0.05) is 35.0 Å². The van der Waals surface area contributed by atoms with Crippen molar-refractivity contribution >= 4 is 64.0 Å². The maximum absolute atomic E-state index is 13.0. The topological polar surface area (TPSA) is 193 Å². The van der Waals surface area contributed by atoms with Gasteiger partial charge in [-0.3, -0.25) is 19.3 Å². The normalized spacial score (nSPS) is 19.3. The molecular weight excluding hydrogens is 512 g/mol. The lowest BCUT2D eigenvalue weighted by atomic mass is 10.0. The number of carboxylic acids is 1. The van der Waals surface area contributed by atoms with Gasteiger partial charge in [0.15, 0.2) is 24.1 Å². The van der Waals surface area contributed by atoms with Crippen LogP contribution in [0.25, 0.3) is 0 Å². The zero-order chi connectivity index (χ0) is 25.8. The number of rotatable bonds is 10. The molecule has 1 unspecified atom stereocenters. The highest BCUT2D eigenvalue weighted by molar-refractivity contribution is 8.00. The molecule has 3 amide bonds. The van der Waals surface area contributed by atoms with Crippen LogP contribution in [-0.4, -0.2) is 73.0 Å². The molecule has 16 heteroatoms. The van der Waals surface area contributed by atoms with Crippen molar-refractivity contribution in [3.8, 4) is 0 Å². The van der Waals surface area contributed by atoms with Crippen LogP contribution in [-0.2, 0) is 30.6 Å². The fourth-order valence-corrected chi connectivity index (χ4v) is 5.38. The smallest absolute Gasteiger partial charge is 0.352 e. The fourth-order valence-electron chi connectivity index (χ4n) is 3.61. The highest BCUT2D eigenvalue weighted by atomic mass is 32.2. The van der Waals surface area contributed by atoms with Gasteiger partial charge in [0.25, 0.3) is 11.8 Å². The number of oxime groups is 1. The standard InChI is InChI=1S/C20H20N8O6S2/c1-2-34-25-12(15-24-20(21)36-26-15)16(30)23-13-17(31)28-14(19(32)33)10(8-35-18(13)28)7-27-5-3-11(4-6-27)22-9-29/h3-6,9,13,18H,2,7-8H2,1H3,(H4,21,23,24,26,30,32,33)/p+1/t13?,18-/m0/s1. The predicted octanol–water partition coefficient (Wildman–Crippen LogP) is -0.844. The van der Waals surface area contributed by atoms with Gasteiger partial charge in [-0.1, -0.05) is 5.16 Å². The first kappa shape index (κ1) is 25.1. The molecule has 1 saturated heterocycles. The Hall–Kier alpha value is -4.05. The summed E-state index contributed by atoms with van der Waals surface area (Å²) in [5.41, 5.74) is 6.36. The highest BCUT2D eigenvalue weighted by Gasteiger charge is 2.54. The quantitative estimate of drug-likeness (QED) is 0.0983. The number of fused-ring (bicyclic) bond motifs is 1. The van der Waals surface area contributed by atoms with Crippen LogP contribution in [0.15, 0.2) is 41.0 Å². The Morgan fingerprint density at radius 3 is 2.78 bits per heavy atom.